The van der Waals surface area contributed by atoms with Crippen molar-refractivity contribution in [2.75, 3.05) is 19.6 Å². The highest BCUT2D eigenvalue weighted by molar-refractivity contribution is 6.06. The molecule has 156 valence electrons. The molecule has 1 spiro atoms. The number of β-amino-alcohol motifs (C(OH)–C–C–N with tert-alkyl or cyclic N) is 1. The summed E-state index contributed by atoms with van der Waals surface area (Å²) >= 11 is 0. The lowest BCUT2D eigenvalue weighted by Crippen LogP contribution is -2.81. The molecule has 3 saturated heterocycles. The van der Waals surface area contributed by atoms with Gasteiger partial charge in [-0.2, -0.15) is 0 Å². The Kier molecular flexibility index (Phi) is 4.65. The van der Waals surface area contributed by atoms with Crippen molar-refractivity contribution >= 4 is 11.8 Å². The third kappa shape index (κ3) is 3.03. The van der Waals surface area contributed by atoms with Crippen molar-refractivity contribution in [1.29, 1.82) is 0 Å². The molecule has 5 rings (SSSR count). The number of pyridine rings is 1. The maximum Gasteiger partial charge on any atom is 0.252 e. The van der Waals surface area contributed by atoms with Crippen molar-refractivity contribution in [2.24, 2.45) is 0 Å². The molecule has 2 aromatic rings. The van der Waals surface area contributed by atoms with Gasteiger partial charge in [-0.25, -0.2) is 4.39 Å². The Morgan fingerprint density at radius 2 is 1.87 bits per heavy atom. The zero-order valence-corrected chi connectivity index (χ0v) is 16.4. The van der Waals surface area contributed by atoms with E-state index < -0.39 is 23.5 Å². The van der Waals surface area contributed by atoms with Crippen LogP contribution in [0.1, 0.15) is 17.7 Å². The molecule has 1 N–H and O–H groups in total. The Hall–Kier alpha value is -2.68. The van der Waals surface area contributed by atoms with Gasteiger partial charge in [-0.05, 0) is 24.6 Å². The van der Waals surface area contributed by atoms with Crippen LogP contribution in [-0.2, 0) is 22.7 Å². The van der Waals surface area contributed by atoms with E-state index in [1.54, 1.807) is 24.4 Å². The van der Waals surface area contributed by atoms with Crippen LogP contribution in [0.5, 0.6) is 0 Å². The molecule has 8 heteroatoms. The molecule has 1 aromatic carbocycles. The van der Waals surface area contributed by atoms with Crippen molar-refractivity contribution in [3.63, 3.8) is 0 Å². The van der Waals surface area contributed by atoms with Gasteiger partial charge in [-0.1, -0.05) is 24.3 Å². The molecule has 0 radical (unpaired) electrons. The number of piperazine rings is 1. The van der Waals surface area contributed by atoms with Crippen molar-refractivity contribution in [3.8, 4) is 0 Å². The third-order valence-corrected chi connectivity index (χ3v) is 6.39. The first kappa shape index (κ1) is 19.3. The number of carbonyl (C=O) groups excluding carboxylic acids is 2. The zero-order valence-electron chi connectivity index (χ0n) is 16.4. The molecule has 0 aliphatic carbocycles. The highest BCUT2D eigenvalue weighted by atomic mass is 19.1. The van der Waals surface area contributed by atoms with Crippen LogP contribution in [0.2, 0.25) is 0 Å². The highest BCUT2D eigenvalue weighted by Gasteiger charge is 2.64. The number of amides is 2. The highest BCUT2D eigenvalue weighted by Crippen LogP contribution is 2.41. The van der Waals surface area contributed by atoms with Gasteiger partial charge in [-0.15, -0.1) is 0 Å². The molecule has 2 amide bonds. The first-order chi connectivity index (χ1) is 14.5. The fourth-order valence-electron chi connectivity index (χ4n) is 4.96. The van der Waals surface area contributed by atoms with E-state index in [0.717, 1.165) is 5.69 Å². The van der Waals surface area contributed by atoms with Crippen LogP contribution in [0.3, 0.4) is 0 Å². The SMILES string of the molecule is O=C1[C@@H]2C[C@@H](O)CN2C2(CN(Cc3ccccn3)C2)C(=O)N1Cc1ccccc1F. The summed E-state index contributed by atoms with van der Waals surface area (Å²) in [5.41, 5.74) is 0.356. The van der Waals surface area contributed by atoms with Crippen LogP contribution in [0.15, 0.2) is 48.7 Å². The van der Waals surface area contributed by atoms with Gasteiger partial charge in [0.1, 0.15) is 11.4 Å². The third-order valence-electron chi connectivity index (χ3n) is 6.39. The van der Waals surface area contributed by atoms with Crippen LogP contribution >= 0.6 is 0 Å². The Morgan fingerprint density at radius 3 is 2.60 bits per heavy atom. The van der Waals surface area contributed by atoms with Crippen LogP contribution in [0.4, 0.5) is 4.39 Å². The van der Waals surface area contributed by atoms with E-state index >= 15 is 0 Å². The van der Waals surface area contributed by atoms with E-state index in [1.165, 1.54) is 11.0 Å². The molecule has 3 aliphatic heterocycles. The van der Waals surface area contributed by atoms with Gasteiger partial charge in [0, 0.05) is 37.9 Å². The molecule has 1 aromatic heterocycles. The minimum atomic E-state index is -0.865. The Morgan fingerprint density at radius 1 is 1.10 bits per heavy atom. The van der Waals surface area contributed by atoms with Crippen LogP contribution in [0, 0.1) is 5.82 Å². The van der Waals surface area contributed by atoms with Gasteiger partial charge in [0.05, 0.1) is 24.4 Å². The van der Waals surface area contributed by atoms with Crippen molar-refractivity contribution in [1.82, 2.24) is 19.7 Å². The molecule has 30 heavy (non-hydrogen) atoms. The number of halogens is 1. The maximum atomic E-state index is 14.2. The lowest BCUT2D eigenvalue weighted by Gasteiger charge is -2.58. The number of aliphatic hydroxyl groups is 1. The Balaban J connectivity index is 1.41. The first-order valence-corrected chi connectivity index (χ1v) is 10.1. The van der Waals surface area contributed by atoms with E-state index in [0.29, 0.717) is 38.2 Å². The summed E-state index contributed by atoms with van der Waals surface area (Å²) in [6.45, 7) is 1.72. The topological polar surface area (TPSA) is 77.0 Å². The molecule has 0 unspecified atom stereocenters. The normalized spacial score (nSPS) is 26.1. The van der Waals surface area contributed by atoms with Gasteiger partial charge in [0.15, 0.2) is 0 Å². The second-order valence-corrected chi connectivity index (χ2v) is 8.38. The molecular formula is C22H23FN4O3. The number of likely N-dealkylation sites (tertiary alicyclic amines) is 1. The fraction of sp³-hybridized carbons (Fsp3) is 0.409. The predicted molar refractivity (Wildman–Crippen MR) is 105 cm³/mol. The van der Waals surface area contributed by atoms with Crippen LogP contribution in [0.25, 0.3) is 0 Å². The number of benzene rings is 1. The largest absolute Gasteiger partial charge is 0.392 e. The molecule has 7 nitrogen and oxygen atoms in total. The number of rotatable bonds is 4. The summed E-state index contributed by atoms with van der Waals surface area (Å²) in [7, 11) is 0. The van der Waals surface area contributed by atoms with E-state index in [2.05, 4.69) is 9.88 Å². The maximum absolute atomic E-state index is 14.2. The summed E-state index contributed by atoms with van der Waals surface area (Å²) in [5, 5.41) is 10.2. The van der Waals surface area contributed by atoms with Crippen molar-refractivity contribution < 1.29 is 19.1 Å². The predicted octanol–water partition coefficient (Wildman–Crippen LogP) is 0.779. The van der Waals surface area contributed by atoms with Crippen LogP contribution in [-0.4, -0.2) is 73.9 Å². The smallest absolute Gasteiger partial charge is 0.252 e. The molecule has 2 atom stereocenters. The first-order valence-electron chi connectivity index (χ1n) is 10.1. The van der Waals surface area contributed by atoms with E-state index in [1.807, 2.05) is 23.1 Å². The number of hydrogen-bond acceptors (Lipinski definition) is 6. The lowest BCUT2D eigenvalue weighted by molar-refractivity contribution is -0.181. The molecule has 3 fully saturated rings. The van der Waals surface area contributed by atoms with Gasteiger partial charge in [0.25, 0.3) is 5.91 Å². The summed E-state index contributed by atoms with van der Waals surface area (Å²) < 4.78 is 14.2. The summed E-state index contributed by atoms with van der Waals surface area (Å²) in [6.07, 6.45) is 1.38. The number of nitrogens with zero attached hydrogens (tertiary/aromatic N) is 4. The summed E-state index contributed by atoms with van der Waals surface area (Å²) in [6, 6.07) is 11.3. The molecule has 0 saturated carbocycles. The Bertz CT molecular complexity index is 979. The lowest BCUT2D eigenvalue weighted by atomic mass is 9.82. The van der Waals surface area contributed by atoms with Crippen molar-refractivity contribution in [2.45, 2.75) is 37.2 Å². The minimum absolute atomic E-state index is 0.0905. The van der Waals surface area contributed by atoms with Gasteiger partial charge < -0.3 is 5.11 Å². The average molecular weight is 410 g/mol. The number of carbonyl (C=O) groups is 2. The quantitative estimate of drug-likeness (QED) is 0.751. The number of hydrogen-bond donors (Lipinski definition) is 1. The number of imide groups is 1. The van der Waals surface area contributed by atoms with Gasteiger partial charge in [0.2, 0.25) is 5.91 Å². The van der Waals surface area contributed by atoms with Crippen LogP contribution < -0.4 is 0 Å². The molecule has 0 bridgehead atoms. The Labute approximate surface area is 173 Å². The van der Waals surface area contributed by atoms with E-state index in [-0.39, 0.29) is 18.4 Å². The van der Waals surface area contributed by atoms with Crippen molar-refractivity contribution in [3.05, 3.63) is 65.7 Å². The van der Waals surface area contributed by atoms with E-state index in [9.17, 15) is 19.1 Å². The number of fused-ring (bicyclic) bond motifs is 2. The molecule has 4 heterocycles. The fourth-order valence-corrected chi connectivity index (χ4v) is 4.96. The second-order valence-electron chi connectivity index (χ2n) is 8.38. The molecular weight excluding hydrogens is 387 g/mol. The number of aromatic nitrogens is 1. The standard InChI is InChI=1S/C22H23FN4O3/c23-18-7-2-1-5-15(18)10-26-20(29)19-9-17(28)12-27(19)22(21(26)30)13-25(14-22)11-16-6-3-4-8-24-16/h1-8,17,19,28H,9-14H2/t17-,19+/m1/s1. The number of aliphatic hydroxyl groups excluding tert-OH is 1. The zero-order chi connectivity index (χ0) is 20.9. The minimum Gasteiger partial charge on any atom is -0.392 e. The monoisotopic (exact) mass is 410 g/mol. The second kappa shape index (κ2) is 7.23. The van der Waals surface area contributed by atoms with Gasteiger partial charge >= 0.3 is 0 Å². The van der Waals surface area contributed by atoms with E-state index in [4.69, 9.17) is 0 Å². The summed E-state index contributed by atoms with van der Waals surface area (Å²) in [4.78, 5) is 36.1. The average Bonchev–Trinajstić information content (AvgIpc) is 3.11. The summed E-state index contributed by atoms with van der Waals surface area (Å²) in [5.74, 6) is -1.10. The molecule has 3 aliphatic rings. The van der Waals surface area contributed by atoms with Gasteiger partial charge in [-0.3, -0.25) is 29.3 Å².